The molecule has 16 heavy (non-hydrogen) atoms. The Morgan fingerprint density at radius 1 is 1.31 bits per heavy atom. The fourth-order valence-electron chi connectivity index (χ4n) is 1.58. The number of fused-ring (bicyclic) bond motifs is 1. The number of thiophene rings is 1. The van der Waals surface area contributed by atoms with Crippen LogP contribution in [0.1, 0.15) is 24.1 Å². The molecule has 2 rings (SSSR count). The van der Waals surface area contributed by atoms with Gasteiger partial charge in [-0.1, -0.05) is 6.07 Å². The number of rotatable bonds is 1. The maximum absolute atomic E-state index is 12.5. The number of hydrogen-bond acceptors (Lipinski definition) is 2. The fourth-order valence-corrected chi connectivity index (χ4v) is 2.68. The Bertz CT molecular complexity index is 513. The lowest BCUT2D eigenvalue weighted by molar-refractivity contribution is -0.137. The van der Waals surface area contributed by atoms with Gasteiger partial charge in [-0.15, -0.1) is 11.3 Å². The molecule has 1 aromatic carbocycles. The van der Waals surface area contributed by atoms with E-state index in [1.165, 1.54) is 23.5 Å². The summed E-state index contributed by atoms with van der Waals surface area (Å²) in [6, 6.07) is 3.60. The van der Waals surface area contributed by atoms with Crippen LogP contribution in [-0.4, -0.2) is 0 Å². The zero-order valence-corrected chi connectivity index (χ0v) is 9.32. The molecule has 0 bridgehead atoms. The highest BCUT2D eigenvalue weighted by atomic mass is 32.1. The molecule has 1 aromatic heterocycles. The highest BCUT2D eigenvalue weighted by Gasteiger charge is 2.30. The molecule has 0 fully saturated rings. The maximum Gasteiger partial charge on any atom is 0.416 e. The molecule has 86 valence electrons. The third-order valence-corrected chi connectivity index (χ3v) is 3.39. The Balaban J connectivity index is 2.58. The Morgan fingerprint density at radius 3 is 2.56 bits per heavy atom. The lowest BCUT2D eigenvalue weighted by atomic mass is 10.1. The molecule has 0 aliphatic rings. The molecule has 1 unspecified atom stereocenters. The smallest absolute Gasteiger partial charge is 0.324 e. The van der Waals surface area contributed by atoms with E-state index in [1.54, 1.807) is 0 Å². The Morgan fingerprint density at radius 2 is 2.00 bits per heavy atom. The fraction of sp³-hybridized carbons (Fsp3) is 0.273. The van der Waals surface area contributed by atoms with Crippen molar-refractivity contribution in [2.45, 2.75) is 19.1 Å². The molecular weight excluding hydrogens is 235 g/mol. The number of benzene rings is 1. The lowest BCUT2D eigenvalue weighted by Crippen LogP contribution is -2.05. The van der Waals surface area contributed by atoms with E-state index in [1.807, 2.05) is 12.3 Å². The maximum atomic E-state index is 12.5. The highest BCUT2D eigenvalue weighted by Crippen LogP contribution is 2.35. The van der Waals surface area contributed by atoms with Gasteiger partial charge in [-0.2, -0.15) is 13.2 Å². The highest BCUT2D eigenvalue weighted by molar-refractivity contribution is 7.17. The average Bonchev–Trinajstić information content (AvgIpc) is 2.58. The predicted octanol–water partition coefficient (Wildman–Crippen LogP) is 3.94. The van der Waals surface area contributed by atoms with Gasteiger partial charge in [-0.25, -0.2) is 0 Å². The molecule has 1 nitrogen and oxygen atoms in total. The molecule has 0 aliphatic heterocycles. The van der Waals surface area contributed by atoms with Crippen molar-refractivity contribution in [2.24, 2.45) is 5.73 Å². The SMILES string of the molecule is CC(N)c1csc2cc(C(F)(F)F)ccc12. The van der Waals surface area contributed by atoms with Gasteiger partial charge in [0.05, 0.1) is 5.56 Å². The van der Waals surface area contributed by atoms with Crippen LogP contribution in [0.3, 0.4) is 0 Å². The second-order valence-electron chi connectivity index (χ2n) is 3.69. The van der Waals surface area contributed by atoms with Crippen LogP contribution in [0.15, 0.2) is 23.6 Å². The summed E-state index contributed by atoms with van der Waals surface area (Å²) in [5.41, 5.74) is 6.02. The molecule has 0 aliphatic carbocycles. The van der Waals surface area contributed by atoms with E-state index in [2.05, 4.69) is 0 Å². The van der Waals surface area contributed by atoms with Crippen molar-refractivity contribution >= 4 is 21.4 Å². The molecule has 0 saturated carbocycles. The van der Waals surface area contributed by atoms with Gasteiger partial charge < -0.3 is 5.73 Å². The van der Waals surface area contributed by atoms with Gasteiger partial charge in [-0.05, 0) is 35.4 Å². The van der Waals surface area contributed by atoms with Crippen LogP contribution in [-0.2, 0) is 6.18 Å². The lowest BCUT2D eigenvalue weighted by Gasteiger charge is -2.07. The van der Waals surface area contributed by atoms with Gasteiger partial charge in [-0.3, -0.25) is 0 Å². The number of nitrogens with two attached hydrogens (primary N) is 1. The molecule has 0 spiro atoms. The van der Waals surface area contributed by atoms with E-state index < -0.39 is 11.7 Å². The van der Waals surface area contributed by atoms with E-state index in [4.69, 9.17) is 5.73 Å². The molecule has 0 radical (unpaired) electrons. The molecule has 1 heterocycles. The molecule has 1 atom stereocenters. The first-order valence-electron chi connectivity index (χ1n) is 4.73. The molecular formula is C11H10F3NS. The molecule has 5 heteroatoms. The van der Waals surface area contributed by atoms with Crippen LogP contribution in [0.5, 0.6) is 0 Å². The van der Waals surface area contributed by atoms with Crippen LogP contribution >= 0.6 is 11.3 Å². The first-order chi connectivity index (χ1) is 7.39. The third kappa shape index (κ3) is 1.92. The van der Waals surface area contributed by atoms with Crippen molar-refractivity contribution in [3.8, 4) is 0 Å². The summed E-state index contributed by atoms with van der Waals surface area (Å²) in [5, 5.41) is 2.63. The predicted molar refractivity (Wildman–Crippen MR) is 59.4 cm³/mol. The zero-order chi connectivity index (χ0) is 11.9. The van der Waals surface area contributed by atoms with Crippen molar-refractivity contribution in [3.05, 3.63) is 34.7 Å². The number of hydrogen-bond donors (Lipinski definition) is 1. The van der Waals surface area contributed by atoms with Crippen LogP contribution in [0.4, 0.5) is 13.2 Å². The van der Waals surface area contributed by atoms with Crippen molar-refractivity contribution in [3.63, 3.8) is 0 Å². The number of halogens is 3. The van der Waals surface area contributed by atoms with Gasteiger partial charge in [0.15, 0.2) is 0 Å². The van der Waals surface area contributed by atoms with Crippen molar-refractivity contribution in [2.75, 3.05) is 0 Å². The van der Waals surface area contributed by atoms with E-state index in [-0.39, 0.29) is 6.04 Å². The van der Waals surface area contributed by atoms with E-state index in [0.29, 0.717) is 4.70 Å². The minimum absolute atomic E-state index is 0.162. The molecule has 2 aromatic rings. The van der Waals surface area contributed by atoms with Gasteiger partial charge >= 0.3 is 6.18 Å². The summed E-state index contributed by atoms with van der Waals surface area (Å²) in [6.07, 6.45) is -4.29. The standard InChI is InChI=1S/C11H10F3NS/c1-6(15)9-5-16-10-4-7(11(12,13)14)2-3-8(9)10/h2-6H,15H2,1H3. The monoisotopic (exact) mass is 245 g/mol. The van der Waals surface area contributed by atoms with Crippen LogP contribution < -0.4 is 5.73 Å². The summed E-state index contributed by atoms with van der Waals surface area (Å²) in [6.45, 7) is 1.82. The second-order valence-corrected chi connectivity index (χ2v) is 4.60. The van der Waals surface area contributed by atoms with E-state index >= 15 is 0 Å². The molecule has 0 amide bonds. The van der Waals surface area contributed by atoms with Crippen LogP contribution in [0.2, 0.25) is 0 Å². The average molecular weight is 245 g/mol. The Labute approximate surface area is 94.7 Å². The minimum Gasteiger partial charge on any atom is -0.324 e. The zero-order valence-electron chi connectivity index (χ0n) is 8.51. The van der Waals surface area contributed by atoms with Gasteiger partial charge in [0.2, 0.25) is 0 Å². The normalized spacial score (nSPS) is 14.3. The van der Waals surface area contributed by atoms with Crippen LogP contribution in [0, 0.1) is 0 Å². The first kappa shape index (κ1) is 11.4. The summed E-state index contributed by atoms with van der Waals surface area (Å²) in [5.74, 6) is 0. The van der Waals surface area contributed by atoms with Crippen molar-refractivity contribution in [1.82, 2.24) is 0 Å². The number of alkyl halides is 3. The summed E-state index contributed by atoms with van der Waals surface area (Å²) in [4.78, 5) is 0. The van der Waals surface area contributed by atoms with Gasteiger partial charge in [0.25, 0.3) is 0 Å². The van der Waals surface area contributed by atoms with Crippen LogP contribution in [0.25, 0.3) is 10.1 Å². The van der Waals surface area contributed by atoms with Gasteiger partial charge in [0.1, 0.15) is 0 Å². The minimum atomic E-state index is -4.29. The summed E-state index contributed by atoms with van der Waals surface area (Å²) >= 11 is 1.29. The largest absolute Gasteiger partial charge is 0.416 e. The molecule has 0 saturated heterocycles. The van der Waals surface area contributed by atoms with Crippen molar-refractivity contribution < 1.29 is 13.2 Å². The van der Waals surface area contributed by atoms with E-state index in [9.17, 15) is 13.2 Å². The molecule has 2 N–H and O–H groups in total. The summed E-state index contributed by atoms with van der Waals surface area (Å²) < 4.78 is 38.0. The van der Waals surface area contributed by atoms with E-state index in [0.717, 1.165) is 17.0 Å². The Kier molecular flexibility index (Phi) is 2.67. The quantitative estimate of drug-likeness (QED) is 0.809. The Hall–Kier alpha value is -1.07. The summed E-state index contributed by atoms with van der Waals surface area (Å²) in [7, 11) is 0. The second kappa shape index (κ2) is 3.75. The topological polar surface area (TPSA) is 26.0 Å². The van der Waals surface area contributed by atoms with Gasteiger partial charge in [0, 0.05) is 10.7 Å². The van der Waals surface area contributed by atoms with Crippen molar-refractivity contribution in [1.29, 1.82) is 0 Å². The third-order valence-electron chi connectivity index (χ3n) is 2.42. The first-order valence-corrected chi connectivity index (χ1v) is 5.61.